The van der Waals surface area contributed by atoms with E-state index in [0.29, 0.717) is 16.9 Å². The summed E-state index contributed by atoms with van der Waals surface area (Å²) in [6.07, 6.45) is 1.09. The van der Waals surface area contributed by atoms with Crippen LogP contribution < -0.4 is 10.9 Å². The fourth-order valence-electron chi connectivity index (χ4n) is 4.36. The first-order valence-corrected chi connectivity index (χ1v) is 9.87. The predicted molar refractivity (Wildman–Crippen MR) is 112 cm³/mol. The molecule has 4 rings (SSSR count). The minimum absolute atomic E-state index is 0.192. The number of hydrogen-bond donors (Lipinski definition) is 4. The Bertz CT molecular complexity index is 1060. The number of anilines is 1. The van der Waals surface area contributed by atoms with Gasteiger partial charge in [-0.15, -0.1) is 0 Å². The van der Waals surface area contributed by atoms with Crippen molar-refractivity contribution in [2.75, 3.05) is 5.32 Å². The van der Waals surface area contributed by atoms with E-state index < -0.39 is 17.4 Å². The average molecular weight is 391 g/mol. The molecule has 0 saturated heterocycles. The summed E-state index contributed by atoms with van der Waals surface area (Å²) in [5.74, 6) is -1.69. The lowest BCUT2D eigenvalue weighted by Crippen LogP contribution is -2.51. The molecule has 1 amide bonds. The summed E-state index contributed by atoms with van der Waals surface area (Å²) in [7, 11) is 0. The van der Waals surface area contributed by atoms with Crippen LogP contribution in [-0.2, 0) is 17.6 Å². The van der Waals surface area contributed by atoms with Gasteiger partial charge < -0.3 is 15.5 Å². The van der Waals surface area contributed by atoms with Gasteiger partial charge in [0.15, 0.2) is 0 Å². The molecule has 1 heterocycles. The minimum atomic E-state index is -1.33. The maximum atomic E-state index is 13.3. The van der Waals surface area contributed by atoms with Crippen molar-refractivity contribution in [3.63, 3.8) is 0 Å². The lowest BCUT2D eigenvalue weighted by atomic mass is 9.66. The van der Waals surface area contributed by atoms with Crippen LogP contribution in [0.5, 0.6) is 0 Å². The lowest BCUT2D eigenvalue weighted by Gasteiger charge is -2.41. The number of carbonyl (C=O) groups excluding carboxylic acids is 1. The second kappa shape index (κ2) is 7.37. The smallest absolute Gasteiger partial charge is 0.267 e. The monoisotopic (exact) mass is 391 g/mol. The fourth-order valence-corrected chi connectivity index (χ4v) is 4.36. The van der Waals surface area contributed by atoms with Gasteiger partial charge in [0.05, 0.1) is 11.5 Å². The van der Waals surface area contributed by atoms with Crippen molar-refractivity contribution < 1.29 is 9.90 Å². The maximum absolute atomic E-state index is 13.3. The molecular weight excluding hydrogens is 366 g/mol. The number of nitrogens with one attached hydrogen (secondary N) is 3. The Morgan fingerprint density at radius 3 is 2.48 bits per heavy atom. The second-order valence-corrected chi connectivity index (χ2v) is 7.91. The molecule has 1 aliphatic carbocycles. The summed E-state index contributed by atoms with van der Waals surface area (Å²) in [5, 5.41) is 19.7. The Hall–Kier alpha value is -3.12. The van der Waals surface area contributed by atoms with E-state index in [0.717, 1.165) is 12.0 Å². The second-order valence-electron chi connectivity index (χ2n) is 7.91. The first kappa shape index (κ1) is 19.2. The molecule has 29 heavy (non-hydrogen) atoms. The molecule has 0 unspecified atom stereocenters. The highest BCUT2D eigenvalue weighted by Crippen LogP contribution is 2.44. The number of para-hydroxylation sites is 1. The molecule has 6 nitrogen and oxygen atoms in total. The predicted octanol–water partition coefficient (Wildman–Crippen LogP) is 2.96. The Balaban J connectivity index is 1.81. The van der Waals surface area contributed by atoms with Crippen LogP contribution in [-0.4, -0.2) is 26.8 Å². The number of aliphatic hydroxyl groups is 1. The van der Waals surface area contributed by atoms with Crippen LogP contribution in [0.1, 0.15) is 42.1 Å². The molecule has 0 aliphatic heterocycles. The van der Waals surface area contributed by atoms with Crippen molar-refractivity contribution in [3.05, 3.63) is 87.3 Å². The molecule has 0 spiro atoms. The highest BCUT2D eigenvalue weighted by Gasteiger charge is 2.50. The lowest BCUT2D eigenvalue weighted by molar-refractivity contribution is -0.130. The van der Waals surface area contributed by atoms with E-state index >= 15 is 0 Å². The molecule has 0 fully saturated rings. The molecule has 4 N–H and O–H groups in total. The highest BCUT2D eigenvalue weighted by atomic mass is 16.3. The first-order valence-electron chi connectivity index (χ1n) is 9.87. The number of fused-ring (bicyclic) bond motifs is 1. The largest absolute Gasteiger partial charge is 0.389 e. The number of hydrogen-bond acceptors (Lipinski definition) is 3. The van der Waals surface area contributed by atoms with Crippen molar-refractivity contribution >= 4 is 11.6 Å². The third-order valence-corrected chi connectivity index (χ3v) is 5.82. The molecule has 1 aromatic heterocycles. The maximum Gasteiger partial charge on any atom is 0.267 e. The number of rotatable bonds is 4. The van der Waals surface area contributed by atoms with Gasteiger partial charge in [-0.25, -0.2) is 0 Å². The van der Waals surface area contributed by atoms with E-state index in [9.17, 15) is 14.7 Å². The van der Waals surface area contributed by atoms with Crippen molar-refractivity contribution in [2.24, 2.45) is 5.92 Å². The number of benzene rings is 2. The first-order chi connectivity index (χ1) is 13.9. The zero-order valence-electron chi connectivity index (χ0n) is 16.5. The summed E-state index contributed by atoms with van der Waals surface area (Å²) >= 11 is 0. The van der Waals surface area contributed by atoms with Crippen molar-refractivity contribution in [2.45, 2.75) is 38.2 Å². The molecule has 0 bridgehead atoms. The van der Waals surface area contributed by atoms with E-state index in [4.69, 9.17) is 0 Å². The fraction of sp³-hybridized carbons (Fsp3) is 0.304. The Morgan fingerprint density at radius 1 is 1.14 bits per heavy atom. The van der Waals surface area contributed by atoms with Crippen LogP contribution in [0.4, 0.5) is 5.69 Å². The molecule has 1 aliphatic rings. The van der Waals surface area contributed by atoms with Crippen LogP contribution in [0.3, 0.4) is 0 Å². The SMILES string of the molecule is CCc1ccc([C@@H]2c3c([nH][nH]c3=O)C[C@@](C)(O)[C@@H]2C(=O)Nc2ccccc2)cc1. The summed E-state index contributed by atoms with van der Waals surface area (Å²) in [5.41, 5.74) is 2.25. The molecule has 6 heteroatoms. The van der Waals surface area contributed by atoms with Gasteiger partial charge in [-0.3, -0.25) is 14.7 Å². The van der Waals surface area contributed by atoms with Gasteiger partial charge in [-0.2, -0.15) is 0 Å². The normalized spacial score (nSPS) is 23.4. The molecule has 150 valence electrons. The Labute approximate surface area is 169 Å². The average Bonchev–Trinajstić information content (AvgIpc) is 3.06. The standard InChI is InChI=1S/C23H25N3O3/c1-3-14-9-11-15(12-10-14)18-19-17(25-26-21(19)27)13-23(2,29)20(18)22(28)24-16-7-5-4-6-8-16/h4-12,18,20,29H,3,13H2,1-2H3,(H,24,28)(H2,25,26,27)/t18-,20+,23-/m1/s1. The van der Waals surface area contributed by atoms with Crippen molar-refractivity contribution in [3.8, 4) is 0 Å². The molecule has 3 aromatic rings. The van der Waals surface area contributed by atoms with Crippen LogP contribution in [0.15, 0.2) is 59.4 Å². The van der Waals surface area contributed by atoms with Crippen LogP contribution in [0.2, 0.25) is 0 Å². The van der Waals surface area contributed by atoms with Crippen LogP contribution in [0, 0.1) is 5.92 Å². The number of amides is 1. The summed E-state index contributed by atoms with van der Waals surface area (Å²) in [4.78, 5) is 25.9. The van der Waals surface area contributed by atoms with E-state index in [1.165, 1.54) is 5.56 Å². The molecule has 3 atom stereocenters. The number of H-pyrrole nitrogens is 2. The van der Waals surface area contributed by atoms with Gasteiger partial charge >= 0.3 is 0 Å². The summed E-state index contributed by atoms with van der Waals surface area (Å²) in [6, 6.07) is 17.1. The van der Waals surface area contributed by atoms with Crippen molar-refractivity contribution in [1.29, 1.82) is 0 Å². The number of aryl methyl sites for hydroxylation is 1. The Morgan fingerprint density at radius 2 is 1.83 bits per heavy atom. The molecular formula is C23H25N3O3. The number of aromatic amines is 2. The summed E-state index contributed by atoms with van der Waals surface area (Å²) < 4.78 is 0. The van der Waals surface area contributed by atoms with Gasteiger partial charge in [0.25, 0.3) is 5.56 Å². The number of aromatic nitrogens is 2. The molecule has 0 saturated carbocycles. The van der Waals surface area contributed by atoms with E-state index in [-0.39, 0.29) is 17.9 Å². The zero-order chi connectivity index (χ0) is 20.6. The van der Waals surface area contributed by atoms with Crippen LogP contribution in [0.25, 0.3) is 0 Å². The van der Waals surface area contributed by atoms with Gasteiger partial charge in [-0.1, -0.05) is 49.4 Å². The van der Waals surface area contributed by atoms with Gasteiger partial charge in [0.2, 0.25) is 5.91 Å². The molecule has 2 aromatic carbocycles. The zero-order valence-corrected chi connectivity index (χ0v) is 16.5. The number of carbonyl (C=O) groups is 1. The highest BCUT2D eigenvalue weighted by molar-refractivity contribution is 5.94. The van der Waals surface area contributed by atoms with Gasteiger partial charge in [0, 0.05) is 29.3 Å². The van der Waals surface area contributed by atoms with Crippen molar-refractivity contribution in [1.82, 2.24) is 10.2 Å². The third-order valence-electron chi connectivity index (χ3n) is 5.82. The molecule has 0 radical (unpaired) electrons. The van der Waals surface area contributed by atoms with Gasteiger partial charge in [-0.05, 0) is 36.6 Å². The van der Waals surface area contributed by atoms with E-state index in [2.05, 4.69) is 22.4 Å². The van der Waals surface area contributed by atoms with Gasteiger partial charge in [0.1, 0.15) is 0 Å². The van der Waals surface area contributed by atoms with Crippen LogP contribution >= 0.6 is 0 Å². The summed E-state index contributed by atoms with van der Waals surface area (Å²) in [6.45, 7) is 3.73. The topological polar surface area (TPSA) is 98.0 Å². The Kier molecular flexibility index (Phi) is 4.88. The minimum Gasteiger partial charge on any atom is -0.389 e. The van der Waals surface area contributed by atoms with E-state index in [1.807, 2.05) is 42.5 Å². The quantitative estimate of drug-likeness (QED) is 0.550. The van der Waals surface area contributed by atoms with E-state index in [1.54, 1.807) is 19.1 Å². The third kappa shape index (κ3) is 3.51.